The number of hydrogen-bond acceptors (Lipinski definition) is 6. The molecule has 1 aromatic heterocycles. The van der Waals surface area contributed by atoms with E-state index >= 15 is 0 Å². The van der Waals surface area contributed by atoms with Gasteiger partial charge in [-0.1, -0.05) is 5.16 Å². The lowest BCUT2D eigenvalue weighted by Crippen LogP contribution is -2.31. The largest absolute Gasteiger partial charge is 0.370 e. The van der Waals surface area contributed by atoms with Gasteiger partial charge in [0.05, 0.1) is 0 Å². The van der Waals surface area contributed by atoms with E-state index in [1.807, 2.05) is 6.92 Å². The smallest absolute Gasteiger partial charge is 0.257 e. The summed E-state index contributed by atoms with van der Waals surface area (Å²) in [5.41, 5.74) is 5.11. The fourth-order valence-corrected chi connectivity index (χ4v) is 1.99. The molecule has 2 unspecified atom stereocenters. The monoisotopic (exact) mass is 241 g/mol. The molecule has 0 radical (unpaired) electrons. The second kappa shape index (κ2) is 5.12. The van der Waals surface area contributed by atoms with Gasteiger partial charge in [0, 0.05) is 20.3 Å². The van der Waals surface area contributed by atoms with Crippen LogP contribution in [-0.4, -0.2) is 30.4 Å². The molecule has 6 heteroatoms. The topological polar surface area (TPSA) is 83.4 Å². The predicted molar refractivity (Wildman–Crippen MR) is 60.3 cm³/mol. The number of aromatic nitrogens is 2. The van der Waals surface area contributed by atoms with Gasteiger partial charge < -0.3 is 19.7 Å². The van der Waals surface area contributed by atoms with Gasteiger partial charge in [-0.2, -0.15) is 4.98 Å². The minimum atomic E-state index is -0.438. The Balaban J connectivity index is 2.16. The van der Waals surface area contributed by atoms with E-state index in [4.69, 9.17) is 19.7 Å². The van der Waals surface area contributed by atoms with E-state index in [1.54, 1.807) is 7.11 Å². The van der Waals surface area contributed by atoms with Crippen molar-refractivity contribution in [1.82, 2.24) is 10.1 Å². The van der Waals surface area contributed by atoms with Gasteiger partial charge in [0.15, 0.2) is 0 Å². The first-order valence-electron chi connectivity index (χ1n) is 5.90. The Morgan fingerprint density at radius 3 is 2.94 bits per heavy atom. The van der Waals surface area contributed by atoms with Crippen LogP contribution >= 0.6 is 0 Å². The van der Waals surface area contributed by atoms with Crippen molar-refractivity contribution in [2.75, 3.05) is 20.3 Å². The summed E-state index contributed by atoms with van der Waals surface area (Å²) < 4.78 is 16.1. The van der Waals surface area contributed by atoms with Crippen molar-refractivity contribution in [3.8, 4) is 0 Å². The summed E-state index contributed by atoms with van der Waals surface area (Å²) in [5, 5.41) is 3.98. The highest BCUT2D eigenvalue weighted by molar-refractivity contribution is 5.02. The number of nitrogens with two attached hydrogens (primary N) is 1. The van der Waals surface area contributed by atoms with E-state index < -0.39 is 5.60 Å². The van der Waals surface area contributed by atoms with Crippen molar-refractivity contribution in [2.45, 2.75) is 37.9 Å². The van der Waals surface area contributed by atoms with E-state index in [0.717, 1.165) is 25.9 Å². The van der Waals surface area contributed by atoms with E-state index in [-0.39, 0.29) is 6.10 Å². The lowest BCUT2D eigenvalue weighted by molar-refractivity contribution is -0.0770. The average Bonchev–Trinajstić information content (AvgIpc) is 2.82. The highest BCUT2D eigenvalue weighted by Gasteiger charge is 2.35. The Morgan fingerprint density at radius 2 is 2.35 bits per heavy atom. The third kappa shape index (κ3) is 2.48. The maximum absolute atomic E-state index is 5.75. The Labute approximate surface area is 100 Å². The van der Waals surface area contributed by atoms with Gasteiger partial charge in [-0.05, 0) is 26.2 Å². The van der Waals surface area contributed by atoms with Crippen molar-refractivity contribution in [2.24, 2.45) is 5.73 Å². The molecule has 0 aromatic carbocycles. The predicted octanol–water partition coefficient (Wildman–Crippen LogP) is 1.13. The molecule has 1 aliphatic rings. The maximum atomic E-state index is 5.75. The van der Waals surface area contributed by atoms with Gasteiger partial charge in [-0.25, -0.2) is 0 Å². The second-order valence-corrected chi connectivity index (χ2v) is 4.45. The van der Waals surface area contributed by atoms with Gasteiger partial charge in [0.25, 0.3) is 5.89 Å². The third-order valence-corrected chi connectivity index (χ3v) is 3.16. The highest BCUT2D eigenvalue weighted by Crippen LogP contribution is 2.33. The molecule has 0 saturated carbocycles. The minimum absolute atomic E-state index is 0.315. The maximum Gasteiger partial charge on any atom is 0.257 e. The summed E-state index contributed by atoms with van der Waals surface area (Å²) in [5.74, 6) is 1.00. The zero-order valence-corrected chi connectivity index (χ0v) is 10.3. The van der Waals surface area contributed by atoms with Gasteiger partial charge in [0.2, 0.25) is 5.82 Å². The summed E-state index contributed by atoms with van der Waals surface area (Å²) in [4.78, 5) is 4.34. The van der Waals surface area contributed by atoms with Crippen LogP contribution in [0.5, 0.6) is 0 Å². The zero-order chi connectivity index (χ0) is 12.3. The van der Waals surface area contributed by atoms with Gasteiger partial charge in [-0.15, -0.1) is 0 Å². The molecule has 0 bridgehead atoms. The number of methoxy groups -OCH3 is 1. The lowest BCUT2D eigenvalue weighted by atomic mass is 9.95. The minimum Gasteiger partial charge on any atom is -0.370 e. The van der Waals surface area contributed by atoms with Gasteiger partial charge in [-0.3, -0.25) is 0 Å². The summed E-state index contributed by atoms with van der Waals surface area (Å²) in [7, 11) is 1.57. The van der Waals surface area contributed by atoms with Crippen LogP contribution in [0.1, 0.15) is 44.0 Å². The molecule has 0 spiro atoms. The molecule has 6 nitrogen and oxygen atoms in total. The molecule has 1 fully saturated rings. The normalized spacial score (nSPS) is 27.0. The van der Waals surface area contributed by atoms with Crippen LogP contribution in [-0.2, 0) is 15.1 Å². The first-order valence-corrected chi connectivity index (χ1v) is 5.90. The number of nitrogens with zero attached hydrogens (tertiary/aromatic N) is 2. The van der Waals surface area contributed by atoms with Crippen molar-refractivity contribution in [3.05, 3.63) is 11.7 Å². The molecular formula is C11H19N3O3. The first kappa shape index (κ1) is 12.5. The summed E-state index contributed by atoms with van der Waals surface area (Å²) in [6.45, 7) is 3.05. The molecule has 1 aromatic rings. The molecular weight excluding hydrogens is 222 g/mol. The van der Waals surface area contributed by atoms with E-state index in [1.165, 1.54) is 0 Å². The number of ether oxygens (including phenoxy) is 2. The molecule has 17 heavy (non-hydrogen) atoms. The van der Waals surface area contributed by atoms with Crippen LogP contribution < -0.4 is 5.73 Å². The molecule has 0 aliphatic carbocycles. The molecule has 1 saturated heterocycles. The van der Waals surface area contributed by atoms with E-state index in [0.29, 0.717) is 18.3 Å². The lowest BCUT2D eigenvalue weighted by Gasteiger charge is -2.30. The zero-order valence-electron chi connectivity index (χ0n) is 10.3. The Kier molecular flexibility index (Phi) is 3.76. The van der Waals surface area contributed by atoms with E-state index in [2.05, 4.69) is 10.1 Å². The molecule has 2 heterocycles. The highest BCUT2D eigenvalue weighted by atomic mass is 16.5. The first-order chi connectivity index (χ1) is 8.19. The molecule has 96 valence electrons. The number of hydrogen-bond donors (Lipinski definition) is 1. The van der Waals surface area contributed by atoms with Crippen molar-refractivity contribution < 1.29 is 14.0 Å². The Bertz CT molecular complexity index is 357. The molecule has 1 aliphatic heterocycles. The summed E-state index contributed by atoms with van der Waals surface area (Å²) >= 11 is 0. The van der Waals surface area contributed by atoms with Crippen LogP contribution in [0.2, 0.25) is 0 Å². The van der Waals surface area contributed by atoms with Crippen LogP contribution in [0.15, 0.2) is 4.52 Å². The van der Waals surface area contributed by atoms with Crippen molar-refractivity contribution in [1.29, 1.82) is 0 Å². The average molecular weight is 241 g/mol. The molecule has 0 amide bonds. The quantitative estimate of drug-likeness (QED) is 0.850. The van der Waals surface area contributed by atoms with Gasteiger partial charge in [0.1, 0.15) is 11.7 Å². The van der Waals surface area contributed by atoms with Crippen molar-refractivity contribution >= 4 is 0 Å². The fourth-order valence-electron chi connectivity index (χ4n) is 1.99. The van der Waals surface area contributed by atoms with Crippen LogP contribution in [0, 0.1) is 0 Å². The van der Waals surface area contributed by atoms with Crippen LogP contribution in [0.4, 0.5) is 0 Å². The fraction of sp³-hybridized carbons (Fsp3) is 0.818. The van der Waals surface area contributed by atoms with E-state index in [9.17, 15) is 0 Å². The molecule has 2 atom stereocenters. The van der Waals surface area contributed by atoms with Crippen LogP contribution in [0.25, 0.3) is 0 Å². The second-order valence-electron chi connectivity index (χ2n) is 4.45. The summed E-state index contributed by atoms with van der Waals surface area (Å²) in [6, 6.07) is 0. The molecule has 2 N–H and O–H groups in total. The third-order valence-electron chi connectivity index (χ3n) is 3.16. The standard InChI is InChI=1S/C11H19N3O3/c1-11(5-3-4-6-16-11)10-13-9(17-14-10)8(7-12)15-2/h8H,3-7,12H2,1-2H3. The Morgan fingerprint density at radius 1 is 1.53 bits per heavy atom. The number of rotatable bonds is 4. The van der Waals surface area contributed by atoms with Crippen molar-refractivity contribution in [3.63, 3.8) is 0 Å². The van der Waals surface area contributed by atoms with Gasteiger partial charge >= 0.3 is 0 Å². The summed E-state index contributed by atoms with van der Waals surface area (Å²) in [6.07, 6.45) is 2.77. The molecule has 2 rings (SSSR count). The SMILES string of the molecule is COC(CN)c1nc(C2(C)CCCCO2)no1. The Hall–Kier alpha value is -0.980. The van der Waals surface area contributed by atoms with Crippen LogP contribution in [0.3, 0.4) is 0 Å².